The van der Waals surface area contributed by atoms with Crippen molar-refractivity contribution >= 4 is 29.0 Å². The van der Waals surface area contributed by atoms with E-state index in [2.05, 4.69) is 25.6 Å². The lowest BCUT2D eigenvalue weighted by molar-refractivity contribution is -0.141. The Balaban J connectivity index is 1.52. The molecule has 4 rings (SSSR count). The van der Waals surface area contributed by atoms with Crippen LogP contribution in [0.5, 0.6) is 0 Å². The van der Waals surface area contributed by atoms with Crippen LogP contribution in [-0.4, -0.2) is 50.1 Å². The third kappa shape index (κ3) is 6.55. The Morgan fingerprint density at radius 1 is 1.19 bits per heavy atom. The maximum Gasteiger partial charge on any atom is 0.433 e. The zero-order valence-corrected chi connectivity index (χ0v) is 21.6. The summed E-state index contributed by atoms with van der Waals surface area (Å²) >= 11 is 1.36. The van der Waals surface area contributed by atoms with Crippen molar-refractivity contribution in [2.24, 2.45) is 0 Å². The normalized spacial score (nSPS) is 18.5. The van der Waals surface area contributed by atoms with Crippen molar-refractivity contribution in [3.8, 4) is 10.4 Å². The number of aryl methyl sites for hydroxylation is 1. The highest BCUT2D eigenvalue weighted by atomic mass is 32.1. The first kappa shape index (κ1) is 26.8. The van der Waals surface area contributed by atoms with Crippen LogP contribution in [0.1, 0.15) is 49.4 Å². The van der Waals surface area contributed by atoms with Crippen molar-refractivity contribution in [3.05, 3.63) is 52.9 Å². The minimum Gasteiger partial charge on any atom is -0.383 e. The molecule has 1 fully saturated rings. The van der Waals surface area contributed by atoms with E-state index in [4.69, 9.17) is 0 Å². The van der Waals surface area contributed by atoms with Gasteiger partial charge in [0, 0.05) is 43.6 Å². The number of nitrogens with zero attached hydrogens (tertiary/aromatic N) is 4. The van der Waals surface area contributed by atoms with E-state index in [1.165, 1.54) is 11.3 Å². The Morgan fingerprint density at radius 3 is 2.70 bits per heavy atom. The number of aliphatic hydroxyl groups is 1. The van der Waals surface area contributed by atoms with Gasteiger partial charge in [-0.2, -0.15) is 13.2 Å². The molecule has 1 atom stereocenters. The summed E-state index contributed by atoms with van der Waals surface area (Å²) in [6, 6.07) is 6.21. The third-order valence-corrected chi connectivity index (χ3v) is 7.22. The molecular weight excluding hydrogens is 505 g/mol. The number of hydrogen-bond donors (Lipinski definition) is 3. The third-order valence-electron chi connectivity index (χ3n) is 5.98. The smallest absolute Gasteiger partial charge is 0.383 e. The first-order chi connectivity index (χ1) is 17.4. The monoisotopic (exact) mass is 534 g/mol. The number of halogens is 3. The molecule has 1 unspecified atom stereocenters. The molecule has 0 spiro atoms. The van der Waals surface area contributed by atoms with Gasteiger partial charge in [0.15, 0.2) is 0 Å². The second-order valence-corrected chi connectivity index (χ2v) is 10.5. The molecule has 3 heterocycles. The SMILES string of the molecule is Cc1cc(Nc2nccc(C(F)(F)F)n2)cc(-c2cnc(C3(O)CCCN(C(=O)NC(C)C)CC3)s2)c1. The number of rotatable bonds is 5. The van der Waals surface area contributed by atoms with Gasteiger partial charge < -0.3 is 20.6 Å². The molecule has 3 N–H and O–H groups in total. The molecule has 8 nitrogen and oxygen atoms in total. The highest BCUT2D eigenvalue weighted by Crippen LogP contribution is 2.39. The summed E-state index contributed by atoms with van der Waals surface area (Å²) in [6.45, 7) is 6.66. The number of thiazole rings is 1. The summed E-state index contributed by atoms with van der Waals surface area (Å²) in [5.41, 5.74) is 0.0356. The number of likely N-dealkylation sites (tertiary alicyclic amines) is 1. The van der Waals surface area contributed by atoms with Crippen LogP contribution >= 0.6 is 11.3 Å². The maximum absolute atomic E-state index is 13.0. The van der Waals surface area contributed by atoms with Crippen LogP contribution in [0.25, 0.3) is 10.4 Å². The fourth-order valence-corrected chi connectivity index (χ4v) is 5.25. The number of carbonyl (C=O) groups is 1. The molecule has 0 saturated carbocycles. The van der Waals surface area contributed by atoms with Crippen molar-refractivity contribution in [3.63, 3.8) is 0 Å². The first-order valence-corrected chi connectivity index (χ1v) is 12.8. The molecule has 37 heavy (non-hydrogen) atoms. The second-order valence-electron chi connectivity index (χ2n) is 9.48. The lowest BCUT2D eigenvalue weighted by Gasteiger charge is -2.25. The van der Waals surface area contributed by atoms with Crippen molar-refractivity contribution < 1.29 is 23.1 Å². The number of amides is 2. The van der Waals surface area contributed by atoms with Crippen molar-refractivity contribution in [1.29, 1.82) is 0 Å². The largest absolute Gasteiger partial charge is 0.433 e. The zero-order valence-electron chi connectivity index (χ0n) is 20.8. The van der Waals surface area contributed by atoms with Crippen molar-refractivity contribution in [2.45, 2.75) is 57.9 Å². The van der Waals surface area contributed by atoms with Gasteiger partial charge in [0.1, 0.15) is 16.3 Å². The van der Waals surface area contributed by atoms with Crippen LogP contribution in [0.2, 0.25) is 0 Å². The summed E-state index contributed by atoms with van der Waals surface area (Å²) < 4.78 is 39.0. The van der Waals surface area contributed by atoms with E-state index >= 15 is 0 Å². The second kappa shape index (κ2) is 10.6. The van der Waals surface area contributed by atoms with Gasteiger partial charge in [0.2, 0.25) is 5.95 Å². The average Bonchev–Trinajstić information content (AvgIpc) is 3.23. The van der Waals surface area contributed by atoms with Gasteiger partial charge in [-0.1, -0.05) is 6.07 Å². The summed E-state index contributed by atoms with van der Waals surface area (Å²) in [7, 11) is 0. The Hall–Kier alpha value is -3.25. The van der Waals surface area contributed by atoms with Gasteiger partial charge in [-0.25, -0.2) is 19.7 Å². The Morgan fingerprint density at radius 2 is 1.97 bits per heavy atom. The van der Waals surface area contributed by atoms with E-state index in [1.807, 2.05) is 26.8 Å². The highest BCUT2D eigenvalue weighted by Gasteiger charge is 2.36. The predicted octanol–water partition coefficient (Wildman–Crippen LogP) is 5.46. The van der Waals surface area contributed by atoms with Crippen LogP contribution in [-0.2, 0) is 11.8 Å². The van der Waals surface area contributed by atoms with Gasteiger partial charge in [-0.05, 0) is 62.9 Å². The molecule has 0 aliphatic carbocycles. The maximum atomic E-state index is 13.0. The number of nitrogens with one attached hydrogen (secondary N) is 2. The molecule has 12 heteroatoms. The fourth-order valence-electron chi connectivity index (χ4n) is 4.20. The molecule has 1 aliphatic heterocycles. The average molecular weight is 535 g/mol. The number of benzene rings is 1. The molecule has 2 aromatic heterocycles. The van der Waals surface area contributed by atoms with Gasteiger partial charge in [0.05, 0.1) is 4.88 Å². The van der Waals surface area contributed by atoms with Crippen LogP contribution in [0.3, 0.4) is 0 Å². The molecule has 3 aromatic rings. The quantitative estimate of drug-likeness (QED) is 0.402. The molecule has 0 radical (unpaired) electrons. The first-order valence-electron chi connectivity index (χ1n) is 12.0. The van der Waals surface area contributed by atoms with Crippen LogP contribution in [0.4, 0.5) is 29.6 Å². The van der Waals surface area contributed by atoms with Crippen LogP contribution < -0.4 is 10.6 Å². The summed E-state index contributed by atoms with van der Waals surface area (Å²) in [4.78, 5) is 26.9. The summed E-state index contributed by atoms with van der Waals surface area (Å²) in [5.74, 6) is -0.157. The lowest BCUT2D eigenvalue weighted by atomic mass is 9.96. The number of aromatic nitrogens is 3. The van der Waals surface area contributed by atoms with E-state index in [1.54, 1.807) is 23.2 Å². The van der Waals surface area contributed by atoms with Gasteiger partial charge in [-0.15, -0.1) is 11.3 Å². The molecule has 0 bridgehead atoms. The zero-order chi connectivity index (χ0) is 26.8. The Bertz CT molecular complexity index is 1270. The molecule has 1 saturated heterocycles. The number of anilines is 2. The van der Waals surface area contributed by atoms with Crippen molar-refractivity contribution in [2.75, 3.05) is 18.4 Å². The number of carbonyl (C=O) groups excluding carboxylic acids is 1. The molecule has 1 aliphatic rings. The van der Waals surface area contributed by atoms with E-state index < -0.39 is 17.5 Å². The van der Waals surface area contributed by atoms with E-state index in [0.717, 1.165) is 28.3 Å². The van der Waals surface area contributed by atoms with Crippen LogP contribution in [0, 0.1) is 6.92 Å². The number of hydrogen-bond acceptors (Lipinski definition) is 7. The number of alkyl halides is 3. The van der Waals surface area contributed by atoms with E-state index in [0.29, 0.717) is 43.0 Å². The van der Waals surface area contributed by atoms with E-state index in [-0.39, 0.29) is 18.0 Å². The molecule has 1 aromatic carbocycles. The predicted molar refractivity (Wildman–Crippen MR) is 136 cm³/mol. The van der Waals surface area contributed by atoms with Gasteiger partial charge >= 0.3 is 12.2 Å². The van der Waals surface area contributed by atoms with Gasteiger partial charge in [-0.3, -0.25) is 0 Å². The standard InChI is InChI=1S/C25H29F3N6O2S/c1-15(2)31-23(35)34-9-4-6-24(36,7-10-34)21-30-14-19(37-21)17-11-16(3)12-18(13-17)32-22-29-8-5-20(33-22)25(26,27)28/h5,8,11-15,36H,4,6-7,9-10H2,1-3H3,(H,31,35)(H,29,32,33). The van der Waals surface area contributed by atoms with Gasteiger partial charge in [0.25, 0.3) is 0 Å². The molecular formula is C25H29F3N6O2S. The lowest BCUT2D eigenvalue weighted by Crippen LogP contribution is -2.43. The molecule has 2 amide bonds. The summed E-state index contributed by atoms with van der Waals surface area (Å²) in [5, 5.41) is 17.7. The molecule has 198 valence electrons. The Kier molecular flexibility index (Phi) is 7.69. The fraction of sp³-hybridized carbons (Fsp3) is 0.440. The van der Waals surface area contributed by atoms with Crippen LogP contribution in [0.15, 0.2) is 36.7 Å². The van der Waals surface area contributed by atoms with E-state index in [9.17, 15) is 23.1 Å². The topological polar surface area (TPSA) is 103 Å². The number of urea groups is 1. The Labute approximate surface area is 217 Å². The highest BCUT2D eigenvalue weighted by molar-refractivity contribution is 7.15. The summed E-state index contributed by atoms with van der Waals surface area (Å²) in [6.07, 6.45) is -0.315. The minimum atomic E-state index is -4.57. The van der Waals surface area contributed by atoms with Crippen molar-refractivity contribution in [1.82, 2.24) is 25.2 Å². The minimum absolute atomic E-state index is 0.0324.